The third-order valence-corrected chi connectivity index (χ3v) is 5.65. The largest absolute Gasteiger partial charge is 0.346 e. The van der Waals surface area contributed by atoms with Crippen LogP contribution < -0.4 is 0 Å². The Morgan fingerprint density at radius 3 is 2.08 bits per heavy atom. The molecule has 0 N–H and O–H groups in total. The van der Waals surface area contributed by atoms with Crippen molar-refractivity contribution in [2.24, 2.45) is 0 Å². The quantitative estimate of drug-likeness (QED) is 0.614. The van der Waals surface area contributed by atoms with Crippen LogP contribution in [0.3, 0.4) is 0 Å². The van der Waals surface area contributed by atoms with Crippen LogP contribution in [0.1, 0.15) is 33.6 Å². The number of hydrogen-bond acceptors (Lipinski definition) is 2. The highest BCUT2D eigenvalue weighted by Crippen LogP contribution is 2.28. The Kier molecular flexibility index (Phi) is 3.32. The fourth-order valence-corrected chi connectivity index (χ4v) is 2.15. The van der Waals surface area contributed by atoms with E-state index < -0.39 is 9.04 Å². The van der Waals surface area contributed by atoms with Gasteiger partial charge in [0.15, 0.2) is 0 Å². The Bertz CT molecular complexity index is 138. The molecule has 0 aromatic carbocycles. The lowest BCUT2D eigenvalue weighted by atomic mass is 10.3. The van der Waals surface area contributed by atoms with Crippen molar-refractivity contribution in [3.05, 3.63) is 0 Å². The van der Waals surface area contributed by atoms with Gasteiger partial charge in [-0.25, -0.2) is 5.06 Å². The first-order chi connectivity index (χ1) is 5.50. The van der Waals surface area contributed by atoms with Crippen LogP contribution in [0.15, 0.2) is 0 Å². The van der Waals surface area contributed by atoms with Crippen molar-refractivity contribution >= 4 is 9.04 Å². The summed E-state index contributed by atoms with van der Waals surface area (Å²) >= 11 is 0. The summed E-state index contributed by atoms with van der Waals surface area (Å²) in [4.78, 5) is 0. The maximum atomic E-state index is 5.95. The van der Waals surface area contributed by atoms with E-state index in [-0.39, 0.29) is 0 Å². The van der Waals surface area contributed by atoms with Gasteiger partial charge in [0.2, 0.25) is 9.04 Å². The lowest BCUT2D eigenvalue weighted by Gasteiger charge is -2.29. The minimum absolute atomic E-state index is 0.391. The molecule has 1 unspecified atom stereocenters. The molecule has 0 amide bonds. The van der Waals surface area contributed by atoms with Crippen molar-refractivity contribution < 1.29 is 4.53 Å². The van der Waals surface area contributed by atoms with E-state index in [0.717, 1.165) is 13.1 Å². The topological polar surface area (TPSA) is 12.5 Å². The highest BCUT2D eigenvalue weighted by molar-refractivity contribution is 6.53. The van der Waals surface area contributed by atoms with E-state index in [9.17, 15) is 0 Å². The highest BCUT2D eigenvalue weighted by atomic mass is 28.3. The van der Waals surface area contributed by atoms with E-state index in [0.29, 0.717) is 5.04 Å². The Balaban J connectivity index is 2.30. The van der Waals surface area contributed by atoms with E-state index in [4.69, 9.17) is 4.53 Å². The second kappa shape index (κ2) is 3.90. The molecule has 1 rings (SSSR count). The second-order valence-electron chi connectivity index (χ2n) is 4.75. The monoisotopic (exact) mass is 187 g/mol. The molecule has 0 aromatic heterocycles. The van der Waals surface area contributed by atoms with E-state index in [1.54, 1.807) is 0 Å². The molecule has 0 aromatic rings. The molecule has 2 nitrogen and oxygen atoms in total. The molecule has 1 aliphatic heterocycles. The fourth-order valence-electron chi connectivity index (χ4n) is 1.18. The summed E-state index contributed by atoms with van der Waals surface area (Å²) < 4.78 is 5.95. The number of hydrogen-bond donors (Lipinski definition) is 0. The summed E-state index contributed by atoms with van der Waals surface area (Å²) in [6.45, 7) is 11.4. The van der Waals surface area contributed by atoms with Crippen LogP contribution in [0.5, 0.6) is 0 Å². The molecule has 1 atom stereocenters. The van der Waals surface area contributed by atoms with Crippen molar-refractivity contribution in [3.8, 4) is 0 Å². The van der Waals surface area contributed by atoms with Crippen molar-refractivity contribution in [2.45, 2.75) is 45.2 Å². The van der Waals surface area contributed by atoms with Crippen LogP contribution >= 0.6 is 0 Å². The van der Waals surface area contributed by atoms with Crippen LogP contribution in [0.25, 0.3) is 0 Å². The third kappa shape index (κ3) is 2.88. The van der Waals surface area contributed by atoms with Crippen LogP contribution in [0.2, 0.25) is 11.6 Å². The van der Waals surface area contributed by atoms with E-state index in [1.165, 1.54) is 12.8 Å². The van der Waals surface area contributed by atoms with Gasteiger partial charge in [-0.3, -0.25) is 0 Å². The molecular weight excluding hydrogens is 166 g/mol. The number of rotatable bonds is 2. The summed E-state index contributed by atoms with van der Waals surface area (Å²) in [5, 5.41) is 2.56. The molecule has 1 aliphatic rings. The zero-order chi connectivity index (χ0) is 9.19. The molecule has 0 aliphatic carbocycles. The third-order valence-electron chi connectivity index (χ3n) is 2.59. The Morgan fingerprint density at radius 2 is 1.67 bits per heavy atom. The summed E-state index contributed by atoms with van der Waals surface area (Å²) in [6, 6.07) is 0. The minimum Gasteiger partial charge on any atom is -0.346 e. The summed E-state index contributed by atoms with van der Waals surface area (Å²) in [5.74, 6) is 0. The number of hydroxylamine groups is 2. The van der Waals surface area contributed by atoms with Gasteiger partial charge in [-0.05, 0) is 24.4 Å². The minimum atomic E-state index is -1.02. The van der Waals surface area contributed by atoms with Gasteiger partial charge < -0.3 is 4.53 Å². The van der Waals surface area contributed by atoms with Crippen molar-refractivity contribution in [2.75, 3.05) is 13.1 Å². The lowest BCUT2D eigenvalue weighted by molar-refractivity contribution is -0.0427. The zero-order valence-corrected chi connectivity index (χ0v) is 9.92. The molecule has 1 heterocycles. The van der Waals surface area contributed by atoms with Gasteiger partial charge >= 0.3 is 0 Å². The SMILES string of the molecule is C[SiH](ON1CCCC1)C(C)(C)C. The maximum absolute atomic E-state index is 5.95. The van der Waals surface area contributed by atoms with Gasteiger partial charge in [-0.15, -0.1) is 0 Å². The highest BCUT2D eigenvalue weighted by Gasteiger charge is 2.26. The second-order valence-corrected chi connectivity index (χ2v) is 7.98. The Morgan fingerprint density at radius 1 is 1.17 bits per heavy atom. The summed E-state index contributed by atoms with van der Waals surface area (Å²) in [7, 11) is -1.02. The van der Waals surface area contributed by atoms with Crippen LogP contribution in [0, 0.1) is 0 Å². The average Bonchev–Trinajstić information content (AvgIpc) is 2.37. The fraction of sp³-hybridized carbons (Fsp3) is 1.00. The standard InChI is InChI=1S/C9H21NOSi/c1-9(2,3)12(4)11-10-7-5-6-8-10/h12H,5-8H2,1-4H3. The van der Waals surface area contributed by atoms with Crippen LogP contribution in [-0.2, 0) is 4.53 Å². The maximum Gasteiger partial charge on any atom is 0.208 e. The summed E-state index contributed by atoms with van der Waals surface area (Å²) in [5.41, 5.74) is 0. The van der Waals surface area contributed by atoms with Crippen molar-refractivity contribution in [1.82, 2.24) is 5.06 Å². The lowest BCUT2D eigenvalue weighted by Crippen LogP contribution is -2.34. The van der Waals surface area contributed by atoms with Gasteiger partial charge in [0.25, 0.3) is 0 Å². The normalized spacial score (nSPS) is 23.0. The van der Waals surface area contributed by atoms with E-state index >= 15 is 0 Å². The van der Waals surface area contributed by atoms with Crippen LogP contribution in [-0.4, -0.2) is 27.2 Å². The van der Waals surface area contributed by atoms with Gasteiger partial charge in [-0.2, -0.15) is 0 Å². The molecule has 0 bridgehead atoms. The summed E-state index contributed by atoms with van der Waals surface area (Å²) in [6.07, 6.45) is 2.62. The zero-order valence-electron chi connectivity index (χ0n) is 8.76. The van der Waals surface area contributed by atoms with E-state index in [2.05, 4.69) is 32.4 Å². The Labute approximate surface area is 77.6 Å². The van der Waals surface area contributed by atoms with Gasteiger partial charge in [-0.1, -0.05) is 20.8 Å². The molecule has 72 valence electrons. The molecule has 1 fully saturated rings. The molecular formula is C9H21NOSi. The van der Waals surface area contributed by atoms with Crippen molar-refractivity contribution in [3.63, 3.8) is 0 Å². The molecule has 0 spiro atoms. The first-order valence-electron chi connectivity index (χ1n) is 4.92. The average molecular weight is 187 g/mol. The smallest absolute Gasteiger partial charge is 0.208 e. The first-order valence-corrected chi connectivity index (χ1v) is 7.12. The van der Waals surface area contributed by atoms with Crippen LogP contribution in [0.4, 0.5) is 0 Å². The van der Waals surface area contributed by atoms with Gasteiger partial charge in [0.1, 0.15) is 0 Å². The Hall–Kier alpha value is 0.137. The van der Waals surface area contributed by atoms with Gasteiger partial charge in [0, 0.05) is 13.1 Å². The molecule has 1 saturated heterocycles. The van der Waals surface area contributed by atoms with E-state index in [1.807, 2.05) is 0 Å². The molecule has 0 radical (unpaired) electrons. The first kappa shape index (κ1) is 10.2. The molecule has 12 heavy (non-hydrogen) atoms. The number of nitrogens with zero attached hydrogens (tertiary/aromatic N) is 1. The predicted molar refractivity (Wildman–Crippen MR) is 54.6 cm³/mol. The molecule has 0 saturated carbocycles. The van der Waals surface area contributed by atoms with Gasteiger partial charge in [0.05, 0.1) is 0 Å². The predicted octanol–water partition coefficient (Wildman–Crippen LogP) is 2.17. The molecule has 3 heteroatoms. The van der Waals surface area contributed by atoms with Crippen molar-refractivity contribution in [1.29, 1.82) is 0 Å².